The summed E-state index contributed by atoms with van der Waals surface area (Å²) >= 11 is 0. The Bertz CT molecular complexity index is 505. The highest BCUT2D eigenvalue weighted by Crippen LogP contribution is 2.28. The van der Waals surface area contributed by atoms with Gasteiger partial charge in [0.05, 0.1) is 13.2 Å². The minimum absolute atomic E-state index is 0. The quantitative estimate of drug-likeness (QED) is 0.714. The molecule has 1 heterocycles. The third kappa shape index (κ3) is 6.57. The molecule has 0 bridgehead atoms. The molecule has 0 aliphatic carbocycles. The summed E-state index contributed by atoms with van der Waals surface area (Å²) in [5.41, 5.74) is 1.14. The molecular formula is C18H29ClN2O3. The molecule has 1 saturated heterocycles. The molecule has 1 aliphatic heterocycles. The van der Waals surface area contributed by atoms with E-state index in [1.807, 2.05) is 32.0 Å². The molecule has 0 aromatic heterocycles. The molecule has 1 aliphatic rings. The van der Waals surface area contributed by atoms with Crippen LogP contribution in [0.3, 0.4) is 0 Å². The van der Waals surface area contributed by atoms with Crippen molar-refractivity contribution in [1.29, 1.82) is 0 Å². The lowest BCUT2D eigenvalue weighted by atomic mass is 10.1. The molecule has 24 heavy (non-hydrogen) atoms. The van der Waals surface area contributed by atoms with E-state index in [4.69, 9.17) is 9.47 Å². The number of halogens is 1. The summed E-state index contributed by atoms with van der Waals surface area (Å²) in [5.74, 6) is 1.67. The average molecular weight is 357 g/mol. The zero-order valence-electron chi connectivity index (χ0n) is 14.6. The Balaban J connectivity index is 0.00000288. The van der Waals surface area contributed by atoms with E-state index in [9.17, 15) is 4.79 Å². The first-order chi connectivity index (χ1) is 11.2. The fourth-order valence-corrected chi connectivity index (χ4v) is 2.82. The number of benzene rings is 1. The molecule has 0 saturated carbocycles. The highest BCUT2D eigenvalue weighted by molar-refractivity contribution is 5.85. The van der Waals surface area contributed by atoms with E-state index >= 15 is 0 Å². The molecule has 6 heteroatoms. The summed E-state index contributed by atoms with van der Waals surface area (Å²) in [6.07, 6.45) is 3.64. The van der Waals surface area contributed by atoms with Crippen LogP contribution in [0.25, 0.3) is 0 Å². The van der Waals surface area contributed by atoms with Gasteiger partial charge >= 0.3 is 0 Å². The van der Waals surface area contributed by atoms with Gasteiger partial charge in [0.1, 0.15) is 0 Å². The topological polar surface area (TPSA) is 59.6 Å². The average Bonchev–Trinajstić information content (AvgIpc) is 3.03. The maximum Gasteiger partial charge on any atom is 0.221 e. The normalized spacial score (nSPS) is 16.3. The van der Waals surface area contributed by atoms with Gasteiger partial charge in [-0.25, -0.2) is 0 Å². The minimum atomic E-state index is 0. The highest BCUT2D eigenvalue weighted by atomic mass is 35.5. The summed E-state index contributed by atoms with van der Waals surface area (Å²) < 4.78 is 11.2. The number of carbonyl (C=O) groups excluding carboxylic acids is 1. The standard InChI is InChI=1S/C18H28N2O3.ClH/c1-3-22-16-8-7-14(12-17(16)23-4-2)9-11-20-18(21)13-15-6-5-10-19-15;/h7-8,12,15,19H,3-6,9-11,13H2,1-2H3,(H,20,21);1H. The van der Waals surface area contributed by atoms with E-state index in [-0.39, 0.29) is 18.3 Å². The maximum absolute atomic E-state index is 11.9. The van der Waals surface area contributed by atoms with Gasteiger partial charge in [-0.2, -0.15) is 0 Å². The van der Waals surface area contributed by atoms with Crippen LogP contribution >= 0.6 is 12.4 Å². The predicted octanol–water partition coefficient (Wildman–Crippen LogP) is 2.71. The maximum atomic E-state index is 11.9. The van der Waals surface area contributed by atoms with Crippen molar-refractivity contribution in [3.05, 3.63) is 23.8 Å². The van der Waals surface area contributed by atoms with Gasteiger partial charge in [-0.1, -0.05) is 6.07 Å². The Morgan fingerprint density at radius 1 is 1.25 bits per heavy atom. The van der Waals surface area contributed by atoms with Crippen molar-refractivity contribution in [1.82, 2.24) is 10.6 Å². The van der Waals surface area contributed by atoms with E-state index in [2.05, 4.69) is 10.6 Å². The van der Waals surface area contributed by atoms with Crippen molar-refractivity contribution < 1.29 is 14.3 Å². The first kappa shape index (κ1) is 20.6. The molecule has 1 aromatic carbocycles. The first-order valence-corrected chi connectivity index (χ1v) is 8.61. The fraction of sp³-hybridized carbons (Fsp3) is 0.611. The Kier molecular flexibility index (Phi) is 9.57. The fourth-order valence-electron chi connectivity index (χ4n) is 2.82. The molecule has 1 aromatic rings. The molecule has 0 radical (unpaired) electrons. The van der Waals surface area contributed by atoms with Crippen molar-refractivity contribution in [2.45, 2.75) is 45.6 Å². The highest BCUT2D eigenvalue weighted by Gasteiger charge is 2.17. The van der Waals surface area contributed by atoms with Crippen LogP contribution in [0.15, 0.2) is 18.2 Å². The molecule has 1 amide bonds. The lowest BCUT2D eigenvalue weighted by Crippen LogP contribution is -2.32. The van der Waals surface area contributed by atoms with Crippen molar-refractivity contribution >= 4 is 18.3 Å². The van der Waals surface area contributed by atoms with E-state index in [0.717, 1.165) is 36.4 Å². The van der Waals surface area contributed by atoms with E-state index < -0.39 is 0 Å². The number of ether oxygens (including phenoxy) is 2. The van der Waals surface area contributed by atoms with Crippen LogP contribution in [-0.4, -0.2) is 38.3 Å². The van der Waals surface area contributed by atoms with Crippen LogP contribution in [0.2, 0.25) is 0 Å². The summed E-state index contributed by atoms with van der Waals surface area (Å²) in [6.45, 7) is 6.81. The zero-order chi connectivity index (χ0) is 16.5. The molecule has 136 valence electrons. The molecule has 1 fully saturated rings. The second-order valence-corrected chi connectivity index (χ2v) is 5.74. The van der Waals surface area contributed by atoms with Gasteiger partial charge < -0.3 is 20.1 Å². The third-order valence-corrected chi connectivity index (χ3v) is 3.94. The molecule has 1 unspecified atom stereocenters. The number of nitrogens with one attached hydrogen (secondary N) is 2. The Labute approximate surface area is 150 Å². The molecule has 1 atom stereocenters. The van der Waals surface area contributed by atoms with Gasteiger partial charge in [-0.3, -0.25) is 4.79 Å². The van der Waals surface area contributed by atoms with Crippen LogP contribution in [0, 0.1) is 0 Å². The largest absolute Gasteiger partial charge is 0.490 e. The lowest BCUT2D eigenvalue weighted by molar-refractivity contribution is -0.121. The van der Waals surface area contributed by atoms with Gasteiger partial charge in [0.15, 0.2) is 11.5 Å². The van der Waals surface area contributed by atoms with Gasteiger partial charge in [-0.15, -0.1) is 12.4 Å². The molecule has 2 rings (SSSR count). The Morgan fingerprint density at radius 2 is 2.00 bits per heavy atom. The van der Waals surface area contributed by atoms with E-state index in [1.54, 1.807) is 0 Å². The van der Waals surface area contributed by atoms with Crippen molar-refractivity contribution in [2.75, 3.05) is 26.3 Å². The number of rotatable bonds is 9. The molecule has 2 N–H and O–H groups in total. The van der Waals surface area contributed by atoms with Crippen molar-refractivity contribution in [2.24, 2.45) is 0 Å². The third-order valence-electron chi connectivity index (χ3n) is 3.94. The second kappa shape index (κ2) is 11.2. The van der Waals surface area contributed by atoms with Crippen LogP contribution in [-0.2, 0) is 11.2 Å². The van der Waals surface area contributed by atoms with Gasteiger partial charge in [0, 0.05) is 19.0 Å². The lowest BCUT2D eigenvalue weighted by Gasteiger charge is -2.13. The molecule has 5 nitrogen and oxygen atoms in total. The number of amides is 1. The van der Waals surface area contributed by atoms with Crippen molar-refractivity contribution in [3.8, 4) is 11.5 Å². The van der Waals surface area contributed by atoms with Crippen LogP contribution < -0.4 is 20.1 Å². The summed E-state index contributed by atoms with van der Waals surface area (Å²) in [7, 11) is 0. The number of carbonyl (C=O) groups is 1. The van der Waals surface area contributed by atoms with Crippen LogP contribution in [0.5, 0.6) is 11.5 Å². The predicted molar refractivity (Wildman–Crippen MR) is 98.4 cm³/mol. The smallest absolute Gasteiger partial charge is 0.221 e. The van der Waals surface area contributed by atoms with Gasteiger partial charge in [0.25, 0.3) is 0 Å². The first-order valence-electron chi connectivity index (χ1n) is 8.61. The SMILES string of the molecule is CCOc1ccc(CCNC(=O)CC2CCCN2)cc1OCC.Cl. The molecular weight excluding hydrogens is 328 g/mol. The number of hydrogen-bond acceptors (Lipinski definition) is 4. The van der Waals surface area contributed by atoms with Crippen LogP contribution in [0.1, 0.15) is 38.7 Å². The molecule has 0 spiro atoms. The minimum Gasteiger partial charge on any atom is -0.490 e. The van der Waals surface area contributed by atoms with Gasteiger partial charge in [-0.05, 0) is 57.4 Å². The Morgan fingerprint density at radius 3 is 2.67 bits per heavy atom. The number of hydrogen-bond donors (Lipinski definition) is 2. The Hall–Kier alpha value is -1.46. The summed E-state index contributed by atoms with van der Waals surface area (Å²) in [5, 5.41) is 6.34. The van der Waals surface area contributed by atoms with E-state index in [0.29, 0.717) is 32.2 Å². The van der Waals surface area contributed by atoms with Gasteiger partial charge in [0.2, 0.25) is 5.91 Å². The summed E-state index contributed by atoms with van der Waals surface area (Å²) in [4.78, 5) is 11.9. The monoisotopic (exact) mass is 356 g/mol. The van der Waals surface area contributed by atoms with E-state index in [1.165, 1.54) is 6.42 Å². The zero-order valence-corrected chi connectivity index (χ0v) is 15.4. The van der Waals surface area contributed by atoms with Crippen LogP contribution in [0.4, 0.5) is 0 Å². The van der Waals surface area contributed by atoms with Crippen molar-refractivity contribution in [3.63, 3.8) is 0 Å². The summed E-state index contributed by atoms with van der Waals surface area (Å²) in [6, 6.07) is 6.32. The second-order valence-electron chi connectivity index (χ2n) is 5.74.